The number of rotatable bonds is 6. The molecule has 0 saturated heterocycles. The predicted molar refractivity (Wildman–Crippen MR) is 101 cm³/mol. The number of nitrogens with one attached hydrogen (secondary N) is 3. The molecule has 3 N–H and O–H groups in total. The molecule has 1 aliphatic rings. The summed E-state index contributed by atoms with van der Waals surface area (Å²) in [5.74, 6) is 0.0950. The molecular weight excluding hydrogens is 298 g/mol. The molecule has 2 atom stereocenters. The highest BCUT2D eigenvalue weighted by Gasteiger charge is 2.23. The van der Waals surface area contributed by atoms with Crippen molar-refractivity contribution >= 4 is 22.5 Å². The summed E-state index contributed by atoms with van der Waals surface area (Å²) >= 11 is 0. The number of H-pyrrole nitrogens is 1. The van der Waals surface area contributed by atoms with E-state index < -0.39 is 0 Å². The number of benzene rings is 1. The van der Waals surface area contributed by atoms with Crippen LogP contribution in [-0.4, -0.2) is 23.0 Å². The van der Waals surface area contributed by atoms with Crippen molar-refractivity contribution in [3.05, 3.63) is 29.5 Å². The van der Waals surface area contributed by atoms with Crippen molar-refractivity contribution in [3.63, 3.8) is 0 Å². The lowest BCUT2D eigenvalue weighted by molar-refractivity contribution is -0.116. The van der Waals surface area contributed by atoms with Gasteiger partial charge in [0.1, 0.15) is 0 Å². The van der Waals surface area contributed by atoms with Crippen molar-refractivity contribution in [1.82, 2.24) is 10.3 Å². The number of hydrogen-bond acceptors (Lipinski definition) is 2. The Kier molecular flexibility index (Phi) is 5.24. The molecule has 0 aliphatic heterocycles. The zero-order valence-electron chi connectivity index (χ0n) is 15.0. The number of fused-ring (bicyclic) bond motifs is 3. The summed E-state index contributed by atoms with van der Waals surface area (Å²) < 4.78 is 0. The van der Waals surface area contributed by atoms with Crippen molar-refractivity contribution < 1.29 is 4.79 Å². The van der Waals surface area contributed by atoms with E-state index in [4.69, 9.17) is 0 Å². The van der Waals surface area contributed by atoms with Gasteiger partial charge in [-0.1, -0.05) is 13.8 Å². The van der Waals surface area contributed by atoms with Gasteiger partial charge in [0.2, 0.25) is 5.91 Å². The van der Waals surface area contributed by atoms with E-state index in [9.17, 15) is 4.79 Å². The van der Waals surface area contributed by atoms with Crippen LogP contribution in [0.3, 0.4) is 0 Å². The molecule has 1 aromatic heterocycles. The molecule has 4 nitrogen and oxygen atoms in total. The number of carbonyl (C=O) groups excluding carboxylic acids is 1. The maximum Gasteiger partial charge on any atom is 0.224 e. The topological polar surface area (TPSA) is 56.9 Å². The van der Waals surface area contributed by atoms with Crippen LogP contribution in [0, 0.1) is 0 Å². The third-order valence-electron chi connectivity index (χ3n) is 5.08. The van der Waals surface area contributed by atoms with E-state index in [1.807, 2.05) is 13.0 Å². The minimum absolute atomic E-state index is 0.0950. The van der Waals surface area contributed by atoms with Crippen molar-refractivity contribution in [2.24, 2.45) is 0 Å². The van der Waals surface area contributed by atoms with Crippen LogP contribution in [0.1, 0.15) is 57.7 Å². The number of amides is 1. The van der Waals surface area contributed by atoms with Gasteiger partial charge in [-0.2, -0.15) is 0 Å². The standard InChI is InChI=1S/C20H29N3O/c1-4-6-20(24)22-15-8-10-19-17(12-15)16-11-14(21-13(3)5-2)7-9-18(16)23-19/h8,10,12-14,21,23H,4-7,9,11H2,1-3H3,(H,22,24). The normalized spacial score (nSPS) is 18.4. The number of hydrogen-bond donors (Lipinski definition) is 3. The Morgan fingerprint density at radius 2 is 2.21 bits per heavy atom. The fraction of sp³-hybridized carbons (Fsp3) is 0.550. The number of carbonyl (C=O) groups is 1. The lowest BCUT2D eigenvalue weighted by Gasteiger charge is -2.26. The molecular formula is C20H29N3O. The molecule has 2 unspecified atom stereocenters. The molecule has 0 spiro atoms. The van der Waals surface area contributed by atoms with E-state index in [-0.39, 0.29) is 5.91 Å². The first-order chi connectivity index (χ1) is 11.6. The van der Waals surface area contributed by atoms with Crippen molar-refractivity contribution in [1.29, 1.82) is 0 Å². The fourth-order valence-electron chi connectivity index (χ4n) is 3.61. The quantitative estimate of drug-likeness (QED) is 0.746. The molecule has 4 heteroatoms. The fourth-order valence-corrected chi connectivity index (χ4v) is 3.61. The molecule has 0 radical (unpaired) electrons. The SMILES string of the molecule is CCCC(=O)Nc1ccc2[nH]c3c(c2c1)CC(NC(C)CC)CC3. The molecule has 2 aromatic rings. The second kappa shape index (κ2) is 7.39. The minimum Gasteiger partial charge on any atom is -0.358 e. The van der Waals surface area contributed by atoms with E-state index in [0.29, 0.717) is 18.5 Å². The number of anilines is 1. The van der Waals surface area contributed by atoms with Gasteiger partial charge in [0.15, 0.2) is 0 Å². The summed E-state index contributed by atoms with van der Waals surface area (Å²) in [6.07, 6.45) is 5.94. The van der Waals surface area contributed by atoms with Gasteiger partial charge in [-0.25, -0.2) is 0 Å². The van der Waals surface area contributed by atoms with E-state index in [1.54, 1.807) is 0 Å². The van der Waals surface area contributed by atoms with Crippen LogP contribution in [0.15, 0.2) is 18.2 Å². The molecule has 24 heavy (non-hydrogen) atoms. The number of aryl methyl sites for hydroxylation is 1. The summed E-state index contributed by atoms with van der Waals surface area (Å²) in [4.78, 5) is 15.4. The van der Waals surface area contributed by atoms with Crippen LogP contribution in [0.2, 0.25) is 0 Å². The van der Waals surface area contributed by atoms with Crippen LogP contribution in [0.25, 0.3) is 10.9 Å². The highest BCUT2D eigenvalue weighted by molar-refractivity contribution is 5.95. The highest BCUT2D eigenvalue weighted by atomic mass is 16.1. The highest BCUT2D eigenvalue weighted by Crippen LogP contribution is 2.31. The molecule has 0 fully saturated rings. The van der Waals surface area contributed by atoms with Crippen LogP contribution in [0.5, 0.6) is 0 Å². The zero-order chi connectivity index (χ0) is 17.1. The van der Waals surface area contributed by atoms with E-state index >= 15 is 0 Å². The first-order valence-electron chi connectivity index (χ1n) is 9.30. The third-order valence-corrected chi connectivity index (χ3v) is 5.08. The van der Waals surface area contributed by atoms with Gasteiger partial charge < -0.3 is 15.6 Å². The Bertz CT molecular complexity index is 719. The zero-order valence-corrected chi connectivity index (χ0v) is 15.0. The van der Waals surface area contributed by atoms with Gasteiger partial charge in [0, 0.05) is 40.8 Å². The third kappa shape index (κ3) is 3.64. The Labute approximate surface area is 144 Å². The lowest BCUT2D eigenvalue weighted by Crippen LogP contribution is -2.39. The van der Waals surface area contributed by atoms with Crippen LogP contribution in [-0.2, 0) is 17.6 Å². The second-order valence-corrected chi connectivity index (χ2v) is 7.06. The summed E-state index contributed by atoms with van der Waals surface area (Å²) in [7, 11) is 0. The molecule has 0 bridgehead atoms. The van der Waals surface area contributed by atoms with E-state index in [0.717, 1.165) is 31.4 Å². The molecule has 3 rings (SSSR count). The number of aromatic nitrogens is 1. The first-order valence-corrected chi connectivity index (χ1v) is 9.30. The summed E-state index contributed by atoms with van der Waals surface area (Å²) in [6, 6.07) is 7.32. The molecule has 1 amide bonds. The Morgan fingerprint density at radius 3 is 2.96 bits per heavy atom. The van der Waals surface area contributed by atoms with Crippen molar-refractivity contribution in [3.8, 4) is 0 Å². The maximum absolute atomic E-state index is 11.9. The van der Waals surface area contributed by atoms with Crippen LogP contribution in [0.4, 0.5) is 5.69 Å². The summed E-state index contributed by atoms with van der Waals surface area (Å²) in [5.41, 5.74) is 4.87. The average molecular weight is 327 g/mol. The van der Waals surface area contributed by atoms with Gasteiger partial charge in [-0.05, 0) is 62.8 Å². The Balaban J connectivity index is 1.83. The van der Waals surface area contributed by atoms with Crippen molar-refractivity contribution in [2.45, 2.75) is 71.4 Å². The van der Waals surface area contributed by atoms with Crippen LogP contribution >= 0.6 is 0 Å². The van der Waals surface area contributed by atoms with Crippen molar-refractivity contribution in [2.75, 3.05) is 5.32 Å². The van der Waals surface area contributed by atoms with Gasteiger partial charge in [0.25, 0.3) is 0 Å². The molecule has 1 aliphatic carbocycles. The number of aromatic amines is 1. The first kappa shape index (κ1) is 17.0. The Hall–Kier alpha value is -1.81. The second-order valence-electron chi connectivity index (χ2n) is 7.06. The smallest absolute Gasteiger partial charge is 0.224 e. The monoisotopic (exact) mass is 327 g/mol. The van der Waals surface area contributed by atoms with E-state index in [1.165, 1.54) is 28.6 Å². The molecule has 130 valence electrons. The van der Waals surface area contributed by atoms with Gasteiger partial charge in [0.05, 0.1) is 0 Å². The minimum atomic E-state index is 0.0950. The van der Waals surface area contributed by atoms with Gasteiger partial charge >= 0.3 is 0 Å². The summed E-state index contributed by atoms with van der Waals surface area (Å²) in [5, 5.41) is 8.02. The van der Waals surface area contributed by atoms with E-state index in [2.05, 4.69) is 41.6 Å². The molecule has 1 aromatic carbocycles. The maximum atomic E-state index is 11.9. The van der Waals surface area contributed by atoms with Gasteiger partial charge in [-0.15, -0.1) is 0 Å². The molecule has 1 heterocycles. The largest absolute Gasteiger partial charge is 0.358 e. The average Bonchev–Trinajstić information content (AvgIpc) is 2.92. The Morgan fingerprint density at radius 1 is 1.38 bits per heavy atom. The molecule has 0 saturated carbocycles. The predicted octanol–water partition coefficient (Wildman–Crippen LogP) is 4.15. The lowest BCUT2D eigenvalue weighted by atomic mass is 9.91. The van der Waals surface area contributed by atoms with Gasteiger partial charge in [-0.3, -0.25) is 4.79 Å². The van der Waals surface area contributed by atoms with Crippen LogP contribution < -0.4 is 10.6 Å². The summed E-state index contributed by atoms with van der Waals surface area (Å²) in [6.45, 7) is 6.50.